The molecule has 1 aromatic heterocycles. The number of piperazine rings is 1. The smallest absolute Gasteiger partial charge is 0.234 e. The van der Waals surface area contributed by atoms with Crippen molar-refractivity contribution in [2.24, 2.45) is 0 Å². The fourth-order valence-corrected chi connectivity index (χ4v) is 5.06. The van der Waals surface area contributed by atoms with E-state index in [1.807, 2.05) is 12.1 Å². The van der Waals surface area contributed by atoms with Gasteiger partial charge < -0.3 is 15.6 Å². The van der Waals surface area contributed by atoms with Crippen LogP contribution in [0.15, 0.2) is 42.5 Å². The lowest BCUT2D eigenvalue weighted by molar-refractivity contribution is -0.124. The third-order valence-corrected chi connectivity index (χ3v) is 6.36. The van der Waals surface area contributed by atoms with Crippen molar-refractivity contribution < 1.29 is 9.18 Å². The van der Waals surface area contributed by atoms with Crippen LogP contribution in [0.2, 0.25) is 0 Å². The number of hydrogen-bond acceptors (Lipinski definition) is 3. The third-order valence-electron chi connectivity index (χ3n) is 6.36. The van der Waals surface area contributed by atoms with E-state index in [4.69, 9.17) is 5.73 Å². The van der Waals surface area contributed by atoms with E-state index >= 15 is 0 Å². The molecule has 1 saturated carbocycles. The zero-order chi connectivity index (χ0) is 20.7. The molecule has 0 bridgehead atoms. The molecule has 0 unspecified atom stereocenters. The SMILES string of the molecule is Nc1cc(CN2CCNC(=O)C2)cc2cc(-c3cccc(F)c3)n(C3CCCC3)c12. The van der Waals surface area contributed by atoms with Gasteiger partial charge in [-0.15, -0.1) is 0 Å². The molecule has 156 valence electrons. The Morgan fingerprint density at radius 1 is 1.13 bits per heavy atom. The van der Waals surface area contributed by atoms with E-state index in [1.54, 1.807) is 12.1 Å². The number of benzene rings is 2. The van der Waals surface area contributed by atoms with Gasteiger partial charge in [-0.2, -0.15) is 0 Å². The highest BCUT2D eigenvalue weighted by atomic mass is 19.1. The maximum Gasteiger partial charge on any atom is 0.234 e. The molecule has 5 rings (SSSR count). The summed E-state index contributed by atoms with van der Waals surface area (Å²) in [5.41, 5.74) is 11.4. The molecule has 3 N–H and O–H groups in total. The summed E-state index contributed by atoms with van der Waals surface area (Å²) in [4.78, 5) is 13.9. The molecule has 1 aliphatic carbocycles. The average Bonchev–Trinajstić information content (AvgIpc) is 3.35. The number of nitrogen functional groups attached to an aromatic ring is 1. The van der Waals surface area contributed by atoms with Crippen LogP contribution in [0.25, 0.3) is 22.2 Å². The second-order valence-corrected chi connectivity index (χ2v) is 8.53. The lowest BCUT2D eigenvalue weighted by Crippen LogP contribution is -2.47. The Kier molecular flexibility index (Phi) is 4.95. The molecule has 3 aromatic rings. The molecule has 2 aliphatic rings. The van der Waals surface area contributed by atoms with Crippen molar-refractivity contribution in [3.8, 4) is 11.3 Å². The van der Waals surface area contributed by atoms with E-state index < -0.39 is 0 Å². The van der Waals surface area contributed by atoms with E-state index in [-0.39, 0.29) is 11.7 Å². The van der Waals surface area contributed by atoms with E-state index in [0.717, 1.165) is 52.8 Å². The van der Waals surface area contributed by atoms with Crippen LogP contribution in [-0.2, 0) is 11.3 Å². The standard InChI is InChI=1S/C24H27FN4O/c25-19-5-3-4-17(12-19)22-13-18-10-16(14-28-9-8-27-23(30)15-28)11-21(26)24(18)29(22)20-6-1-2-7-20/h3-5,10-13,20H,1-2,6-9,14-15,26H2,(H,27,30). The van der Waals surface area contributed by atoms with Crippen LogP contribution >= 0.6 is 0 Å². The Hall–Kier alpha value is -2.86. The Morgan fingerprint density at radius 3 is 2.73 bits per heavy atom. The number of carbonyl (C=O) groups excluding carboxylic acids is 1. The highest BCUT2D eigenvalue weighted by Crippen LogP contribution is 2.40. The van der Waals surface area contributed by atoms with Crippen molar-refractivity contribution in [3.63, 3.8) is 0 Å². The van der Waals surface area contributed by atoms with Crippen LogP contribution in [-0.4, -0.2) is 35.0 Å². The van der Waals surface area contributed by atoms with E-state index in [0.29, 0.717) is 25.7 Å². The normalized spacial score (nSPS) is 18.2. The van der Waals surface area contributed by atoms with Crippen molar-refractivity contribution in [3.05, 3.63) is 53.8 Å². The topological polar surface area (TPSA) is 63.3 Å². The number of halogens is 1. The van der Waals surface area contributed by atoms with Gasteiger partial charge in [0.15, 0.2) is 0 Å². The molecule has 0 spiro atoms. The lowest BCUT2D eigenvalue weighted by atomic mass is 10.1. The fraction of sp³-hybridized carbons (Fsp3) is 0.375. The molecule has 1 aliphatic heterocycles. The molecule has 2 aromatic carbocycles. The van der Waals surface area contributed by atoms with Gasteiger partial charge in [0.25, 0.3) is 0 Å². The monoisotopic (exact) mass is 406 g/mol. The summed E-state index contributed by atoms with van der Waals surface area (Å²) < 4.78 is 16.3. The first-order valence-corrected chi connectivity index (χ1v) is 10.8. The molecule has 5 nitrogen and oxygen atoms in total. The summed E-state index contributed by atoms with van der Waals surface area (Å²) >= 11 is 0. The molecule has 1 saturated heterocycles. The summed E-state index contributed by atoms with van der Waals surface area (Å²) in [5.74, 6) is -0.163. The molecular formula is C24H27FN4O. The first-order chi connectivity index (χ1) is 14.6. The first kappa shape index (κ1) is 19.1. The van der Waals surface area contributed by atoms with Gasteiger partial charge in [0.1, 0.15) is 5.82 Å². The van der Waals surface area contributed by atoms with Crippen LogP contribution in [0.3, 0.4) is 0 Å². The molecule has 0 atom stereocenters. The molecule has 2 fully saturated rings. The molecule has 30 heavy (non-hydrogen) atoms. The maximum absolute atomic E-state index is 14.0. The van der Waals surface area contributed by atoms with Gasteiger partial charge in [0, 0.05) is 42.3 Å². The minimum absolute atomic E-state index is 0.0658. The minimum atomic E-state index is -0.229. The van der Waals surface area contributed by atoms with Gasteiger partial charge in [-0.25, -0.2) is 4.39 Å². The van der Waals surface area contributed by atoms with Gasteiger partial charge >= 0.3 is 0 Å². The highest BCUT2D eigenvalue weighted by molar-refractivity contribution is 5.96. The molecule has 1 amide bonds. The van der Waals surface area contributed by atoms with Crippen LogP contribution in [0, 0.1) is 5.82 Å². The zero-order valence-corrected chi connectivity index (χ0v) is 17.0. The summed E-state index contributed by atoms with van der Waals surface area (Å²) in [6, 6.07) is 13.5. The molecular weight excluding hydrogens is 379 g/mol. The largest absolute Gasteiger partial charge is 0.397 e. The van der Waals surface area contributed by atoms with Crippen molar-refractivity contribution in [2.45, 2.75) is 38.3 Å². The number of anilines is 1. The quantitative estimate of drug-likeness (QED) is 0.642. The number of rotatable bonds is 4. The second-order valence-electron chi connectivity index (χ2n) is 8.53. The fourth-order valence-electron chi connectivity index (χ4n) is 5.06. The van der Waals surface area contributed by atoms with Crippen molar-refractivity contribution >= 4 is 22.5 Å². The Labute approximate surface area is 175 Å². The molecule has 2 heterocycles. The summed E-state index contributed by atoms with van der Waals surface area (Å²) in [6.07, 6.45) is 4.66. The number of nitrogens with zero attached hydrogens (tertiary/aromatic N) is 2. The van der Waals surface area contributed by atoms with Crippen molar-refractivity contribution in [1.82, 2.24) is 14.8 Å². The van der Waals surface area contributed by atoms with Gasteiger partial charge in [-0.1, -0.05) is 25.0 Å². The van der Waals surface area contributed by atoms with Gasteiger partial charge in [-0.05, 0) is 48.7 Å². The van der Waals surface area contributed by atoms with E-state index in [9.17, 15) is 9.18 Å². The Bertz CT molecular complexity index is 1100. The summed E-state index contributed by atoms with van der Waals surface area (Å²) in [6.45, 7) is 2.62. The van der Waals surface area contributed by atoms with Crippen LogP contribution < -0.4 is 11.1 Å². The third kappa shape index (κ3) is 3.56. The predicted molar refractivity (Wildman–Crippen MR) is 118 cm³/mol. The predicted octanol–water partition coefficient (Wildman–Crippen LogP) is 4.08. The summed E-state index contributed by atoms with van der Waals surface area (Å²) in [7, 11) is 0. The zero-order valence-electron chi connectivity index (χ0n) is 17.0. The van der Waals surface area contributed by atoms with Gasteiger partial charge in [0.2, 0.25) is 5.91 Å². The van der Waals surface area contributed by atoms with Crippen LogP contribution in [0.5, 0.6) is 0 Å². The van der Waals surface area contributed by atoms with Crippen LogP contribution in [0.1, 0.15) is 37.3 Å². The number of aromatic nitrogens is 1. The molecule has 6 heteroatoms. The number of nitrogens with one attached hydrogen (secondary N) is 1. The molecule has 0 radical (unpaired) electrons. The number of hydrogen-bond donors (Lipinski definition) is 2. The minimum Gasteiger partial charge on any atom is -0.397 e. The maximum atomic E-state index is 14.0. The first-order valence-electron chi connectivity index (χ1n) is 10.8. The number of amides is 1. The number of nitrogens with two attached hydrogens (primary N) is 1. The average molecular weight is 407 g/mol. The highest BCUT2D eigenvalue weighted by Gasteiger charge is 2.24. The number of fused-ring (bicyclic) bond motifs is 1. The number of carbonyl (C=O) groups is 1. The lowest BCUT2D eigenvalue weighted by Gasteiger charge is -2.26. The van der Waals surface area contributed by atoms with Gasteiger partial charge in [-0.3, -0.25) is 9.69 Å². The summed E-state index contributed by atoms with van der Waals surface area (Å²) in [5, 5.41) is 3.95. The Morgan fingerprint density at radius 2 is 1.97 bits per heavy atom. The van der Waals surface area contributed by atoms with Crippen molar-refractivity contribution in [2.75, 3.05) is 25.4 Å². The second kappa shape index (κ2) is 7.76. The van der Waals surface area contributed by atoms with Crippen LogP contribution in [0.4, 0.5) is 10.1 Å². The Balaban J connectivity index is 1.60. The van der Waals surface area contributed by atoms with Crippen molar-refractivity contribution in [1.29, 1.82) is 0 Å². The van der Waals surface area contributed by atoms with E-state index in [1.165, 1.54) is 18.9 Å². The van der Waals surface area contributed by atoms with E-state index in [2.05, 4.69) is 26.9 Å². The van der Waals surface area contributed by atoms with Gasteiger partial charge in [0.05, 0.1) is 17.7 Å².